The van der Waals surface area contributed by atoms with E-state index in [9.17, 15) is 8.42 Å². The molecular formula is C36H34ClN3O4S. The van der Waals surface area contributed by atoms with Crippen LogP contribution in [0.1, 0.15) is 41.7 Å². The maximum atomic E-state index is 12.7. The van der Waals surface area contributed by atoms with Crippen LogP contribution in [-0.2, 0) is 28.7 Å². The lowest BCUT2D eigenvalue weighted by atomic mass is 9.78. The number of benzene rings is 5. The first-order valence-corrected chi connectivity index (χ1v) is 16.1. The Kier molecular flexibility index (Phi) is 9.46. The Bertz CT molecular complexity index is 1870. The molecule has 45 heavy (non-hydrogen) atoms. The van der Waals surface area contributed by atoms with Crippen molar-refractivity contribution in [2.24, 2.45) is 5.73 Å². The number of sulfonamides is 1. The molecule has 0 saturated carbocycles. The van der Waals surface area contributed by atoms with E-state index in [1.54, 1.807) is 48.5 Å². The van der Waals surface area contributed by atoms with Crippen molar-refractivity contribution in [3.05, 3.63) is 154 Å². The normalized spacial score (nSPS) is 11.5. The molecule has 4 N–H and O–H groups in total. The van der Waals surface area contributed by atoms with E-state index in [0.29, 0.717) is 35.2 Å². The molecule has 5 rings (SSSR count). The number of hydrogen-bond acceptors (Lipinski definition) is 5. The van der Waals surface area contributed by atoms with E-state index in [0.717, 1.165) is 28.0 Å². The van der Waals surface area contributed by atoms with Crippen LogP contribution in [0.5, 0.6) is 11.5 Å². The van der Waals surface area contributed by atoms with Gasteiger partial charge >= 0.3 is 0 Å². The van der Waals surface area contributed by atoms with E-state index in [-0.39, 0.29) is 16.1 Å². The van der Waals surface area contributed by atoms with Crippen LogP contribution in [0.3, 0.4) is 0 Å². The van der Waals surface area contributed by atoms with Gasteiger partial charge in [0.2, 0.25) is 0 Å². The van der Waals surface area contributed by atoms with E-state index in [2.05, 4.69) is 24.6 Å². The van der Waals surface area contributed by atoms with Gasteiger partial charge in [-0.3, -0.25) is 10.1 Å². The largest absolute Gasteiger partial charge is 0.489 e. The van der Waals surface area contributed by atoms with Crippen LogP contribution in [0.4, 0.5) is 5.69 Å². The van der Waals surface area contributed by atoms with Crippen molar-refractivity contribution in [1.82, 2.24) is 0 Å². The molecule has 5 aromatic carbocycles. The molecule has 7 nitrogen and oxygen atoms in total. The summed E-state index contributed by atoms with van der Waals surface area (Å²) < 4.78 is 40.1. The zero-order valence-corrected chi connectivity index (χ0v) is 26.5. The molecule has 0 aliphatic carbocycles. The highest BCUT2D eigenvalue weighted by Gasteiger charge is 2.23. The Balaban J connectivity index is 1.17. The number of anilines is 1. The molecule has 0 aliphatic heterocycles. The summed E-state index contributed by atoms with van der Waals surface area (Å²) in [6.45, 7) is 5.07. The second kappa shape index (κ2) is 13.5. The standard InChI is InChI=1S/C36H34ClN3O4S/c1-36(2,28-8-14-31(15-9-28)40-45(41,42)34-20-12-30(37)13-21-34)29-10-18-33(19-11-29)44-24-26-5-3-4-25(22-26)23-43-32-16-6-27(7-17-32)35(38)39/h3-22,40H,23-24H2,1-2H3,(H3,38,39). The molecule has 0 unspecified atom stereocenters. The lowest BCUT2D eigenvalue weighted by molar-refractivity contribution is 0.300. The van der Waals surface area contributed by atoms with Gasteiger partial charge < -0.3 is 15.2 Å². The molecule has 0 bridgehead atoms. The first kappa shape index (κ1) is 31.6. The summed E-state index contributed by atoms with van der Waals surface area (Å²) in [5.41, 5.74) is 10.5. The summed E-state index contributed by atoms with van der Waals surface area (Å²) >= 11 is 5.89. The third-order valence-electron chi connectivity index (χ3n) is 7.53. The molecule has 0 fully saturated rings. The Morgan fingerprint density at radius 1 is 0.756 bits per heavy atom. The van der Waals surface area contributed by atoms with Crippen LogP contribution in [0.25, 0.3) is 0 Å². The number of rotatable bonds is 12. The minimum absolute atomic E-state index is 0.0266. The predicted octanol–water partition coefficient (Wildman–Crippen LogP) is 7.91. The predicted molar refractivity (Wildman–Crippen MR) is 180 cm³/mol. The number of ether oxygens (including phenoxy) is 2. The topological polar surface area (TPSA) is 115 Å². The molecule has 0 atom stereocenters. The lowest BCUT2D eigenvalue weighted by Gasteiger charge is -2.26. The second-order valence-corrected chi connectivity index (χ2v) is 13.2. The van der Waals surface area contributed by atoms with Gasteiger partial charge in [0, 0.05) is 21.7 Å². The van der Waals surface area contributed by atoms with Crippen LogP contribution in [-0.4, -0.2) is 14.3 Å². The van der Waals surface area contributed by atoms with E-state index in [1.807, 2.05) is 54.6 Å². The molecule has 0 heterocycles. The second-order valence-electron chi connectivity index (χ2n) is 11.1. The summed E-state index contributed by atoms with van der Waals surface area (Å²) in [5.74, 6) is 1.49. The number of amidine groups is 1. The zero-order valence-electron chi connectivity index (χ0n) is 25.0. The Labute approximate surface area is 269 Å². The van der Waals surface area contributed by atoms with Gasteiger partial charge in [-0.1, -0.05) is 67.9 Å². The van der Waals surface area contributed by atoms with Crippen molar-refractivity contribution in [2.45, 2.75) is 37.4 Å². The summed E-state index contributed by atoms with van der Waals surface area (Å²) in [6, 6.07) is 36.7. The highest BCUT2D eigenvalue weighted by molar-refractivity contribution is 7.92. The highest BCUT2D eigenvalue weighted by Crippen LogP contribution is 2.33. The quantitative estimate of drug-likeness (QED) is 0.0948. The van der Waals surface area contributed by atoms with E-state index in [1.165, 1.54) is 12.1 Å². The summed E-state index contributed by atoms with van der Waals surface area (Å²) in [4.78, 5) is 0.147. The number of nitrogens with two attached hydrogens (primary N) is 1. The summed E-state index contributed by atoms with van der Waals surface area (Å²) in [6.07, 6.45) is 0. The smallest absolute Gasteiger partial charge is 0.261 e. The molecule has 0 amide bonds. The van der Waals surface area contributed by atoms with Gasteiger partial charge in [0.05, 0.1) is 4.90 Å². The molecular weight excluding hydrogens is 606 g/mol. The van der Waals surface area contributed by atoms with Crippen molar-refractivity contribution in [3.63, 3.8) is 0 Å². The third-order valence-corrected chi connectivity index (χ3v) is 9.18. The first-order chi connectivity index (χ1) is 21.5. The van der Waals surface area contributed by atoms with Crippen LogP contribution in [0.2, 0.25) is 5.02 Å². The minimum atomic E-state index is -3.72. The fourth-order valence-corrected chi connectivity index (χ4v) is 5.98. The van der Waals surface area contributed by atoms with Crippen LogP contribution in [0, 0.1) is 5.41 Å². The Morgan fingerprint density at radius 2 is 1.24 bits per heavy atom. The van der Waals surface area contributed by atoms with Crippen molar-refractivity contribution < 1.29 is 17.9 Å². The molecule has 0 saturated heterocycles. The Morgan fingerprint density at radius 3 is 1.76 bits per heavy atom. The van der Waals surface area contributed by atoms with Gasteiger partial charge in [0.25, 0.3) is 10.0 Å². The molecule has 0 spiro atoms. The van der Waals surface area contributed by atoms with E-state index in [4.69, 9.17) is 32.2 Å². The fraction of sp³-hybridized carbons (Fsp3) is 0.139. The Hall–Kier alpha value is -4.79. The maximum absolute atomic E-state index is 12.7. The third kappa shape index (κ3) is 8.03. The molecule has 230 valence electrons. The van der Waals surface area contributed by atoms with Crippen molar-refractivity contribution >= 4 is 33.1 Å². The van der Waals surface area contributed by atoms with Gasteiger partial charge in [-0.2, -0.15) is 0 Å². The van der Waals surface area contributed by atoms with Gasteiger partial charge in [0.1, 0.15) is 30.5 Å². The molecule has 0 aliphatic rings. The zero-order chi connectivity index (χ0) is 32.0. The number of nitrogens with one attached hydrogen (secondary N) is 2. The van der Waals surface area contributed by atoms with Crippen LogP contribution >= 0.6 is 11.6 Å². The summed E-state index contributed by atoms with van der Waals surface area (Å²) in [7, 11) is -3.72. The van der Waals surface area contributed by atoms with Gasteiger partial charge in [-0.05, 0) is 101 Å². The van der Waals surface area contributed by atoms with Gasteiger partial charge in [-0.15, -0.1) is 0 Å². The van der Waals surface area contributed by atoms with Gasteiger partial charge in [0.15, 0.2) is 0 Å². The monoisotopic (exact) mass is 639 g/mol. The van der Waals surface area contributed by atoms with Crippen molar-refractivity contribution in [1.29, 1.82) is 5.41 Å². The first-order valence-electron chi connectivity index (χ1n) is 14.3. The van der Waals surface area contributed by atoms with Crippen LogP contribution in [0.15, 0.2) is 126 Å². The van der Waals surface area contributed by atoms with E-state index < -0.39 is 10.0 Å². The molecule has 0 radical (unpaired) electrons. The van der Waals surface area contributed by atoms with Crippen molar-refractivity contribution in [2.75, 3.05) is 4.72 Å². The number of hydrogen-bond donors (Lipinski definition) is 3. The molecule has 9 heteroatoms. The lowest BCUT2D eigenvalue weighted by Crippen LogP contribution is -2.19. The molecule has 5 aromatic rings. The fourth-order valence-electron chi connectivity index (χ4n) is 4.79. The average Bonchev–Trinajstić information content (AvgIpc) is 3.04. The number of nitrogen functional groups attached to an aromatic ring is 1. The minimum Gasteiger partial charge on any atom is -0.489 e. The van der Waals surface area contributed by atoms with E-state index >= 15 is 0 Å². The SMILES string of the molecule is CC(C)(c1ccc(NS(=O)(=O)c2ccc(Cl)cc2)cc1)c1ccc(OCc2cccc(COc3ccc(C(=N)N)cc3)c2)cc1. The molecule has 0 aromatic heterocycles. The highest BCUT2D eigenvalue weighted by atomic mass is 35.5. The number of halogens is 1. The average molecular weight is 640 g/mol. The van der Waals surface area contributed by atoms with Crippen molar-refractivity contribution in [3.8, 4) is 11.5 Å². The summed E-state index contributed by atoms with van der Waals surface area (Å²) in [5, 5.41) is 7.98. The van der Waals surface area contributed by atoms with Gasteiger partial charge in [-0.25, -0.2) is 8.42 Å². The maximum Gasteiger partial charge on any atom is 0.261 e. The van der Waals surface area contributed by atoms with Crippen LogP contribution < -0.4 is 19.9 Å².